The fourth-order valence-corrected chi connectivity index (χ4v) is 3.11. The van der Waals surface area contributed by atoms with Crippen LogP contribution in [0.15, 0.2) is 54.2 Å². The standard InChI is InChI=1S/C17H13IN2O2S/c1-22-14-7-2-4-11(8-14)9-15-16(21)20(17(23)19-15)13-6-3-5-12(18)10-13/h2-10H,1H3,(H,19,23)/b15-9-. The lowest BCUT2D eigenvalue weighted by molar-refractivity contribution is -0.113. The van der Waals surface area contributed by atoms with Crippen LogP contribution in [-0.2, 0) is 4.79 Å². The van der Waals surface area contributed by atoms with Crippen molar-refractivity contribution in [3.8, 4) is 5.75 Å². The summed E-state index contributed by atoms with van der Waals surface area (Å²) in [6.07, 6.45) is 1.77. The second-order valence-electron chi connectivity index (χ2n) is 4.89. The van der Waals surface area contributed by atoms with E-state index >= 15 is 0 Å². The molecular formula is C17H13IN2O2S. The third-order valence-corrected chi connectivity index (χ3v) is 4.31. The van der Waals surface area contributed by atoms with Gasteiger partial charge in [-0.2, -0.15) is 0 Å². The Balaban J connectivity index is 1.93. The highest BCUT2D eigenvalue weighted by Crippen LogP contribution is 2.24. The smallest absolute Gasteiger partial charge is 0.281 e. The third-order valence-electron chi connectivity index (χ3n) is 3.35. The van der Waals surface area contributed by atoms with Gasteiger partial charge in [-0.05, 0) is 76.8 Å². The molecule has 2 aromatic rings. The average Bonchev–Trinajstić information content (AvgIpc) is 2.81. The molecule has 1 heterocycles. The fourth-order valence-electron chi connectivity index (χ4n) is 2.28. The molecule has 1 amide bonds. The maximum absolute atomic E-state index is 12.7. The zero-order valence-electron chi connectivity index (χ0n) is 12.2. The van der Waals surface area contributed by atoms with Crippen LogP contribution < -0.4 is 15.0 Å². The molecule has 0 spiro atoms. The summed E-state index contributed by atoms with van der Waals surface area (Å²) in [6, 6.07) is 15.1. The van der Waals surface area contributed by atoms with E-state index in [1.165, 1.54) is 4.90 Å². The van der Waals surface area contributed by atoms with Crippen molar-refractivity contribution in [3.63, 3.8) is 0 Å². The van der Waals surface area contributed by atoms with E-state index in [9.17, 15) is 4.79 Å². The van der Waals surface area contributed by atoms with Gasteiger partial charge in [-0.1, -0.05) is 18.2 Å². The van der Waals surface area contributed by atoms with Crippen LogP contribution in [0.2, 0.25) is 0 Å². The van der Waals surface area contributed by atoms with Crippen molar-refractivity contribution in [2.24, 2.45) is 0 Å². The van der Waals surface area contributed by atoms with Gasteiger partial charge < -0.3 is 10.1 Å². The normalized spacial score (nSPS) is 15.9. The SMILES string of the molecule is COc1cccc(/C=C2\NC(=S)N(c3cccc(I)c3)C2=O)c1. The zero-order chi connectivity index (χ0) is 16.4. The Bertz CT molecular complexity index is 820. The van der Waals surface area contributed by atoms with Crippen LogP contribution in [0.25, 0.3) is 6.08 Å². The van der Waals surface area contributed by atoms with Gasteiger partial charge in [-0.25, -0.2) is 0 Å². The first-order valence-electron chi connectivity index (χ1n) is 6.85. The predicted molar refractivity (Wildman–Crippen MR) is 103 cm³/mol. The van der Waals surface area contributed by atoms with Crippen LogP contribution in [0, 0.1) is 3.57 Å². The molecule has 0 saturated carbocycles. The fraction of sp³-hybridized carbons (Fsp3) is 0.0588. The lowest BCUT2D eigenvalue weighted by atomic mass is 10.2. The quantitative estimate of drug-likeness (QED) is 0.454. The molecule has 1 fully saturated rings. The number of nitrogens with zero attached hydrogens (tertiary/aromatic N) is 1. The lowest BCUT2D eigenvalue weighted by Crippen LogP contribution is -2.30. The summed E-state index contributed by atoms with van der Waals surface area (Å²) in [5, 5.41) is 3.36. The molecule has 2 aromatic carbocycles. The number of benzene rings is 2. The number of hydrogen-bond donors (Lipinski definition) is 1. The first-order valence-corrected chi connectivity index (χ1v) is 8.34. The highest BCUT2D eigenvalue weighted by molar-refractivity contribution is 14.1. The molecule has 0 aromatic heterocycles. The van der Waals surface area contributed by atoms with Gasteiger partial charge in [0.1, 0.15) is 11.4 Å². The minimum Gasteiger partial charge on any atom is -0.497 e. The number of halogens is 1. The predicted octanol–water partition coefficient (Wildman–Crippen LogP) is 3.56. The van der Waals surface area contributed by atoms with Crippen LogP contribution in [0.4, 0.5) is 5.69 Å². The van der Waals surface area contributed by atoms with Gasteiger partial charge in [0.15, 0.2) is 5.11 Å². The number of rotatable bonds is 3. The molecule has 1 saturated heterocycles. The van der Waals surface area contributed by atoms with E-state index in [4.69, 9.17) is 17.0 Å². The molecule has 0 aliphatic carbocycles. The molecular weight excluding hydrogens is 423 g/mol. The molecule has 4 nitrogen and oxygen atoms in total. The summed E-state index contributed by atoms with van der Waals surface area (Å²) in [7, 11) is 1.61. The van der Waals surface area contributed by atoms with E-state index in [-0.39, 0.29) is 5.91 Å². The van der Waals surface area contributed by atoms with Gasteiger partial charge in [0.05, 0.1) is 12.8 Å². The molecule has 116 valence electrons. The Morgan fingerprint density at radius 1 is 1.22 bits per heavy atom. The summed E-state index contributed by atoms with van der Waals surface area (Å²) in [5.74, 6) is 0.571. The monoisotopic (exact) mass is 436 g/mol. The molecule has 1 aliphatic rings. The van der Waals surface area contributed by atoms with Gasteiger partial charge >= 0.3 is 0 Å². The van der Waals surface area contributed by atoms with Crippen molar-refractivity contribution in [2.45, 2.75) is 0 Å². The second kappa shape index (κ2) is 6.67. The Morgan fingerprint density at radius 2 is 2.00 bits per heavy atom. The molecule has 0 radical (unpaired) electrons. The molecule has 0 atom stereocenters. The third kappa shape index (κ3) is 3.37. The highest BCUT2D eigenvalue weighted by atomic mass is 127. The van der Waals surface area contributed by atoms with Crippen LogP contribution in [0.3, 0.4) is 0 Å². The summed E-state index contributed by atoms with van der Waals surface area (Å²) >= 11 is 7.52. The minimum atomic E-state index is -0.167. The molecule has 6 heteroatoms. The lowest BCUT2D eigenvalue weighted by Gasteiger charge is -2.14. The largest absolute Gasteiger partial charge is 0.497 e. The van der Waals surface area contributed by atoms with Crippen molar-refractivity contribution in [2.75, 3.05) is 12.0 Å². The minimum absolute atomic E-state index is 0.167. The second-order valence-corrected chi connectivity index (χ2v) is 6.52. The molecule has 0 bridgehead atoms. The van der Waals surface area contributed by atoms with Gasteiger partial charge in [0, 0.05) is 3.57 Å². The number of carbonyl (C=O) groups is 1. The Morgan fingerprint density at radius 3 is 2.74 bits per heavy atom. The number of ether oxygens (including phenoxy) is 1. The summed E-state index contributed by atoms with van der Waals surface area (Å²) in [5.41, 5.74) is 2.07. The topological polar surface area (TPSA) is 41.6 Å². The summed E-state index contributed by atoms with van der Waals surface area (Å²) in [6.45, 7) is 0. The van der Waals surface area contributed by atoms with Crippen molar-refractivity contribution < 1.29 is 9.53 Å². The number of nitrogens with one attached hydrogen (secondary N) is 1. The average molecular weight is 436 g/mol. The maximum atomic E-state index is 12.7. The van der Waals surface area contributed by atoms with Crippen LogP contribution in [0.1, 0.15) is 5.56 Å². The van der Waals surface area contributed by atoms with E-state index in [1.54, 1.807) is 13.2 Å². The van der Waals surface area contributed by atoms with Crippen LogP contribution in [0.5, 0.6) is 5.75 Å². The number of thiocarbonyl (C=S) groups is 1. The van der Waals surface area contributed by atoms with Gasteiger partial charge in [0.2, 0.25) is 0 Å². The Kier molecular flexibility index (Phi) is 4.63. The molecule has 0 unspecified atom stereocenters. The Labute approximate surface area is 153 Å². The Hall–Kier alpha value is -1.93. The molecule has 1 aliphatic heterocycles. The number of methoxy groups -OCH3 is 1. The summed E-state index contributed by atoms with van der Waals surface area (Å²) in [4.78, 5) is 14.2. The first kappa shape index (κ1) is 15.9. The van der Waals surface area contributed by atoms with E-state index in [2.05, 4.69) is 27.9 Å². The zero-order valence-corrected chi connectivity index (χ0v) is 15.2. The van der Waals surface area contributed by atoms with Gasteiger partial charge in [-0.3, -0.25) is 9.69 Å². The van der Waals surface area contributed by atoms with Crippen LogP contribution >= 0.6 is 34.8 Å². The van der Waals surface area contributed by atoms with Gasteiger partial charge in [-0.15, -0.1) is 0 Å². The number of hydrogen-bond acceptors (Lipinski definition) is 3. The molecule has 23 heavy (non-hydrogen) atoms. The van der Waals surface area contributed by atoms with E-state index in [1.807, 2.05) is 48.5 Å². The number of carbonyl (C=O) groups excluding carboxylic acids is 1. The first-order chi connectivity index (χ1) is 11.1. The molecule has 1 N–H and O–H groups in total. The summed E-state index contributed by atoms with van der Waals surface area (Å²) < 4.78 is 6.24. The van der Waals surface area contributed by atoms with E-state index in [0.717, 1.165) is 20.6 Å². The van der Waals surface area contributed by atoms with E-state index < -0.39 is 0 Å². The molecule has 3 rings (SSSR count). The maximum Gasteiger partial charge on any atom is 0.281 e. The van der Waals surface area contributed by atoms with Crippen LogP contribution in [-0.4, -0.2) is 18.1 Å². The number of anilines is 1. The van der Waals surface area contributed by atoms with Crippen molar-refractivity contribution in [1.29, 1.82) is 0 Å². The van der Waals surface area contributed by atoms with E-state index in [0.29, 0.717) is 10.8 Å². The van der Waals surface area contributed by atoms with Crippen molar-refractivity contribution in [3.05, 3.63) is 63.4 Å². The van der Waals surface area contributed by atoms with Gasteiger partial charge in [0.25, 0.3) is 5.91 Å². The number of amides is 1. The van der Waals surface area contributed by atoms with Crippen molar-refractivity contribution >= 4 is 57.6 Å². The van der Waals surface area contributed by atoms with Crippen molar-refractivity contribution in [1.82, 2.24) is 5.32 Å². The highest BCUT2D eigenvalue weighted by Gasteiger charge is 2.31.